The third-order valence-electron chi connectivity index (χ3n) is 8.02. The second-order valence-corrected chi connectivity index (χ2v) is 10.2. The second-order valence-electron chi connectivity index (χ2n) is 10.2. The summed E-state index contributed by atoms with van der Waals surface area (Å²) in [5, 5.41) is 4.88. The monoisotopic (exact) mass is 449 g/mol. The maximum absolute atomic E-state index is 5.17. The molecule has 5 nitrogen and oxygen atoms in total. The van der Waals surface area contributed by atoms with Gasteiger partial charge in [-0.05, 0) is 55.0 Å². The van der Waals surface area contributed by atoms with E-state index in [2.05, 4.69) is 87.6 Å². The van der Waals surface area contributed by atoms with Gasteiger partial charge in [-0.25, -0.2) is 4.98 Å². The lowest BCUT2D eigenvalue weighted by Gasteiger charge is -2.35. The van der Waals surface area contributed by atoms with Crippen LogP contribution in [0.3, 0.4) is 0 Å². The van der Waals surface area contributed by atoms with Crippen molar-refractivity contribution in [3.05, 3.63) is 72.3 Å². The number of hydrogen-bond donors (Lipinski definition) is 1. The minimum atomic E-state index is 0.476. The molecule has 3 aliphatic rings. The maximum atomic E-state index is 5.17. The number of nitrogens with one attached hydrogen (secondary N) is 1. The van der Waals surface area contributed by atoms with Crippen LogP contribution in [0.25, 0.3) is 39.2 Å². The van der Waals surface area contributed by atoms with Crippen molar-refractivity contribution in [1.29, 1.82) is 0 Å². The molecule has 2 aromatic carbocycles. The minimum absolute atomic E-state index is 0.476. The highest BCUT2D eigenvalue weighted by atomic mass is 15.2. The van der Waals surface area contributed by atoms with Crippen LogP contribution < -0.4 is 5.32 Å². The lowest BCUT2D eigenvalue weighted by Crippen LogP contribution is -2.43. The minimum Gasteiger partial charge on any atom is -0.369 e. The molecule has 4 heterocycles. The molecule has 1 aliphatic carbocycles. The van der Waals surface area contributed by atoms with Gasteiger partial charge in [-0.1, -0.05) is 42.5 Å². The van der Waals surface area contributed by atoms with Gasteiger partial charge in [0.05, 0.1) is 16.7 Å². The van der Waals surface area contributed by atoms with E-state index >= 15 is 0 Å². The standard InChI is InChI=1S/C29H31N5/c1-19(33-14-12-21-11-13-30-25(21)18-33)22-9-10-27-24(15-22)31-29(32(27)2)28-16-23-5-3-4-6-26(23)34(28)17-20-7-8-20/h3-6,9-11,15-16,20,25,30H,1,7-8,12-14,17-18H2,2H3/t25-/m1/s1. The molecular formula is C29H31N5. The van der Waals surface area contributed by atoms with Gasteiger partial charge in [0.15, 0.2) is 5.82 Å². The average molecular weight is 450 g/mol. The Labute approximate surface area is 200 Å². The van der Waals surface area contributed by atoms with Gasteiger partial charge < -0.3 is 19.4 Å². The first-order chi connectivity index (χ1) is 16.7. The number of aromatic nitrogens is 3. The first-order valence-corrected chi connectivity index (χ1v) is 12.6. The largest absolute Gasteiger partial charge is 0.369 e. The van der Waals surface area contributed by atoms with E-state index in [0.29, 0.717) is 6.04 Å². The van der Waals surface area contributed by atoms with Crippen LogP contribution in [0.15, 0.2) is 66.8 Å². The van der Waals surface area contributed by atoms with Crippen molar-refractivity contribution < 1.29 is 0 Å². The normalized spacial score (nSPS) is 20.2. The summed E-state index contributed by atoms with van der Waals surface area (Å²) in [6.07, 6.45) is 6.15. The first kappa shape index (κ1) is 20.1. The maximum Gasteiger partial charge on any atom is 0.157 e. The van der Waals surface area contributed by atoms with E-state index in [1.165, 1.54) is 35.0 Å². The quantitative estimate of drug-likeness (QED) is 0.427. The molecule has 0 unspecified atom stereocenters. The van der Waals surface area contributed by atoms with Gasteiger partial charge >= 0.3 is 0 Å². The van der Waals surface area contributed by atoms with E-state index in [9.17, 15) is 0 Å². The SMILES string of the molecule is C=C(c1ccc2c(c1)nc(-c1cc3ccccc3n1CC1CC1)n2C)N1CCC2=CCN[C@@H]2C1. The molecule has 2 aliphatic heterocycles. The number of hydrogen-bond acceptors (Lipinski definition) is 3. The van der Waals surface area contributed by atoms with Crippen LogP contribution in [0.5, 0.6) is 0 Å². The van der Waals surface area contributed by atoms with E-state index in [1.54, 1.807) is 5.57 Å². The Bertz CT molecular complexity index is 1460. The number of benzene rings is 2. The third-order valence-corrected chi connectivity index (χ3v) is 8.02. The number of para-hydroxylation sites is 1. The Morgan fingerprint density at radius 3 is 2.88 bits per heavy atom. The molecule has 4 aromatic rings. The number of fused-ring (bicyclic) bond motifs is 3. The molecule has 2 aromatic heterocycles. The molecule has 172 valence electrons. The molecule has 0 amide bonds. The number of aryl methyl sites for hydroxylation is 1. The van der Waals surface area contributed by atoms with Crippen molar-refractivity contribution in [3.63, 3.8) is 0 Å². The number of rotatable bonds is 5. The molecule has 0 bridgehead atoms. The summed E-state index contributed by atoms with van der Waals surface area (Å²) in [4.78, 5) is 7.60. The number of nitrogens with zero attached hydrogens (tertiary/aromatic N) is 4. The summed E-state index contributed by atoms with van der Waals surface area (Å²) in [7, 11) is 2.14. The Morgan fingerprint density at radius 1 is 1.12 bits per heavy atom. The molecule has 1 atom stereocenters. The van der Waals surface area contributed by atoms with Gasteiger partial charge in [0.2, 0.25) is 0 Å². The van der Waals surface area contributed by atoms with Crippen molar-refractivity contribution >= 4 is 27.6 Å². The van der Waals surface area contributed by atoms with Crippen LogP contribution in [-0.2, 0) is 13.6 Å². The van der Waals surface area contributed by atoms with Gasteiger partial charge in [0.25, 0.3) is 0 Å². The Morgan fingerprint density at radius 2 is 2.00 bits per heavy atom. The number of likely N-dealkylation sites (tertiary alicyclic amines) is 1. The summed E-state index contributed by atoms with van der Waals surface area (Å²) in [6.45, 7) is 8.59. The van der Waals surface area contributed by atoms with Crippen LogP contribution in [0, 0.1) is 5.92 Å². The molecule has 1 saturated carbocycles. The lowest BCUT2D eigenvalue weighted by molar-refractivity contribution is 0.330. The number of imidazole rings is 1. The average Bonchev–Trinajstić information content (AvgIpc) is 3.29. The van der Waals surface area contributed by atoms with Crippen molar-refractivity contribution in [2.24, 2.45) is 13.0 Å². The topological polar surface area (TPSA) is 38.0 Å². The molecule has 5 heteroatoms. The summed E-state index contributed by atoms with van der Waals surface area (Å²) >= 11 is 0. The van der Waals surface area contributed by atoms with Crippen molar-refractivity contribution in [1.82, 2.24) is 24.3 Å². The van der Waals surface area contributed by atoms with Crippen molar-refractivity contribution in [2.75, 3.05) is 19.6 Å². The molecule has 2 fully saturated rings. The smallest absolute Gasteiger partial charge is 0.157 e. The van der Waals surface area contributed by atoms with Crippen LogP contribution >= 0.6 is 0 Å². The van der Waals surface area contributed by atoms with E-state index in [-0.39, 0.29) is 0 Å². The van der Waals surface area contributed by atoms with Gasteiger partial charge in [0, 0.05) is 55.9 Å². The second kappa shape index (κ2) is 7.60. The summed E-state index contributed by atoms with van der Waals surface area (Å²) < 4.78 is 4.74. The Hall–Kier alpha value is -3.31. The lowest BCUT2D eigenvalue weighted by atomic mass is 9.99. The molecule has 0 spiro atoms. The fourth-order valence-electron chi connectivity index (χ4n) is 5.83. The predicted octanol–water partition coefficient (Wildman–Crippen LogP) is 5.18. The fraction of sp³-hybridized carbons (Fsp3) is 0.345. The van der Waals surface area contributed by atoms with E-state index in [0.717, 1.165) is 61.1 Å². The predicted molar refractivity (Wildman–Crippen MR) is 139 cm³/mol. The van der Waals surface area contributed by atoms with E-state index < -0.39 is 0 Å². The fourth-order valence-corrected chi connectivity index (χ4v) is 5.83. The molecule has 1 N–H and O–H groups in total. The van der Waals surface area contributed by atoms with Gasteiger partial charge in [-0.3, -0.25) is 0 Å². The molecule has 1 saturated heterocycles. The van der Waals surface area contributed by atoms with E-state index in [1.807, 2.05) is 0 Å². The highest BCUT2D eigenvalue weighted by molar-refractivity contribution is 5.89. The van der Waals surface area contributed by atoms with Crippen molar-refractivity contribution in [2.45, 2.75) is 31.8 Å². The molecule has 7 rings (SSSR count). The van der Waals surface area contributed by atoms with Crippen LogP contribution in [0.2, 0.25) is 0 Å². The highest BCUT2D eigenvalue weighted by Crippen LogP contribution is 2.37. The summed E-state index contributed by atoms with van der Waals surface area (Å²) in [6, 6.07) is 18.2. The van der Waals surface area contributed by atoms with Gasteiger partial charge in [-0.15, -0.1) is 0 Å². The van der Waals surface area contributed by atoms with Crippen LogP contribution in [0.4, 0.5) is 0 Å². The highest BCUT2D eigenvalue weighted by Gasteiger charge is 2.28. The molecule has 34 heavy (non-hydrogen) atoms. The van der Waals surface area contributed by atoms with Crippen molar-refractivity contribution in [3.8, 4) is 11.5 Å². The number of piperidine rings is 1. The first-order valence-electron chi connectivity index (χ1n) is 12.6. The Kier molecular flexibility index (Phi) is 4.49. The van der Waals surface area contributed by atoms with Crippen LogP contribution in [-0.4, -0.2) is 44.7 Å². The van der Waals surface area contributed by atoms with Crippen LogP contribution in [0.1, 0.15) is 24.8 Å². The summed E-state index contributed by atoms with van der Waals surface area (Å²) in [5.74, 6) is 1.84. The zero-order valence-corrected chi connectivity index (χ0v) is 19.8. The van der Waals surface area contributed by atoms with Gasteiger partial charge in [-0.2, -0.15) is 0 Å². The zero-order chi connectivity index (χ0) is 22.8. The van der Waals surface area contributed by atoms with E-state index in [4.69, 9.17) is 4.98 Å². The third kappa shape index (κ3) is 3.22. The summed E-state index contributed by atoms with van der Waals surface area (Å²) in [5.41, 5.74) is 8.56. The molecule has 0 radical (unpaired) electrons. The zero-order valence-electron chi connectivity index (χ0n) is 19.8. The van der Waals surface area contributed by atoms with Gasteiger partial charge in [0.1, 0.15) is 0 Å². The molecular weight excluding hydrogens is 418 g/mol. The Balaban J connectivity index is 1.26.